The van der Waals surface area contributed by atoms with Gasteiger partial charge in [0, 0.05) is 7.11 Å². The molecule has 1 aromatic rings. The van der Waals surface area contributed by atoms with E-state index >= 15 is 0 Å². The van der Waals surface area contributed by atoms with Gasteiger partial charge in [-0.2, -0.15) is 0 Å². The van der Waals surface area contributed by atoms with Gasteiger partial charge in [-0.05, 0) is 24.8 Å². The highest BCUT2D eigenvalue weighted by Gasteiger charge is 2.30. The van der Waals surface area contributed by atoms with E-state index in [4.69, 9.17) is 4.74 Å². The largest absolute Gasteiger partial charge is 0.479 e. The van der Waals surface area contributed by atoms with Crippen LogP contribution in [0.25, 0.3) is 0 Å². The first-order valence-corrected chi connectivity index (χ1v) is 6.99. The molecule has 0 bridgehead atoms. The summed E-state index contributed by atoms with van der Waals surface area (Å²) in [6.07, 6.45) is 2.73. The second-order valence-corrected chi connectivity index (χ2v) is 5.11. The van der Waals surface area contributed by atoms with E-state index in [0.717, 1.165) is 19.3 Å². The highest BCUT2D eigenvalue weighted by Crippen LogP contribution is 2.21. The number of benzene rings is 1. The Bertz CT molecular complexity index is 492. The van der Waals surface area contributed by atoms with Crippen molar-refractivity contribution in [3.05, 3.63) is 35.9 Å². The summed E-state index contributed by atoms with van der Waals surface area (Å²) in [6, 6.07) is 7.00. The first-order valence-electron chi connectivity index (χ1n) is 6.99. The molecule has 1 aromatic carbocycles. The topological polar surface area (TPSA) is 87.7 Å². The molecule has 3 N–H and O–H groups in total. The molecule has 6 nitrogen and oxygen atoms in total. The Morgan fingerprint density at radius 2 is 2.00 bits per heavy atom. The van der Waals surface area contributed by atoms with Crippen LogP contribution in [0.5, 0.6) is 0 Å². The molecule has 0 aliphatic heterocycles. The van der Waals surface area contributed by atoms with Gasteiger partial charge in [-0.25, -0.2) is 9.59 Å². The number of carbonyl (C=O) groups excluding carboxylic acids is 1. The third-order valence-corrected chi connectivity index (χ3v) is 3.73. The summed E-state index contributed by atoms with van der Waals surface area (Å²) in [6.45, 7) is 0. The van der Waals surface area contributed by atoms with Gasteiger partial charge in [0.15, 0.2) is 6.04 Å². The maximum atomic E-state index is 12.0. The molecule has 0 spiro atoms. The van der Waals surface area contributed by atoms with Crippen LogP contribution < -0.4 is 10.6 Å². The fraction of sp³-hybridized carbons (Fsp3) is 0.467. The number of nitrogens with one attached hydrogen (secondary N) is 2. The van der Waals surface area contributed by atoms with E-state index in [1.165, 1.54) is 0 Å². The molecule has 1 aliphatic rings. The number of hydrogen-bond acceptors (Lipinski definition) is 3. The molecule has 1 saturated carbocycles. The quantitative estimate of drug-likeness (QED) is 0.770. The van der Waals surface area contributed by atoms with Crippen LogP contribution in [0.4, 0.5) is 4.79 Å². The van der Waals surface area contributed by atoms with E-state index in [2.05, 4.69) is 10.6 Å². The third-order valence-electron chi connectivity index (χ3n) is 3.73. The molecular formula is C15H20N2O4. The SMILES string of the molecule is COC1CCCC1NC(=O)N[C@H](C(=O)O)c1ccccc1. The first kappa shape index (κ1) is 15.3. The maximum absolute atomic E-state index is 12.0. The number of rotatable bonds is 5. The van der Waals surface area contributed by atoms with Crippen LogP contribution in [0.3, 0.4) is 0 Å². The number of urea groups is 1. The van der Waals surface area contributed by atoms with E-state index in [9.17, 15) is 14.7 Å². The fourth-order valence-corrected chi connectivity index (χ4v) is 2.65. The number of aliphatic carboxylic acids is 1. The van der Waals surface area contributed by atoms with Gasteiger partial charge in [0.05, 0.1) is 12.1 Å². The first-order chi connectivity index (χ1) is 10.1. The van der Waals surface area contributed by atoms with Gasteiger partial charge in [0.25, 0.3) is 0 Å². The van der Waals surface area contributed by atoms with Crippen LogP contribution in [0, 0.1) is 0 Å². The van der Waals surface area contributed by atoms with Gasteiger partial charge in [0.1, 0.15) is 0 Å². The molecule has 21 heavy (non-hydrogen) atoms. The second kappa shape index (κ2) is 7.08. The molecular weight excluding hydrogens is 272 g/mol. The Morgan fingerprint density at radius 1 is 1.29 bits per heavy atom. The smallest absolute Gasteiger partial charge is 0.330 e. The Morgan fingerprint density at radius 3 is 2.62 bits per heavy atom. The number of ether oxygens (including phenoxy) is 1. The predicted octanol–water partition coefficient (Wildman–Crippen LogP) is 1.68. The van der Waals surface area contributed by atoms with E-state index in [0.29, 0.717) is 5.56 Å². The number of carboxylic acids is 1. The summed E-state index contributed by atoms with van der Waals surface area (Å²) < 4.78 is 5.30. The minimum Gasteiger partial charge on any atom is -0.479 e. The summed E-state index contributed by atoms with van der Waals surface area (Å²) in [5.41, 5.74) is 0.537. The number of carboxylic acid groups (broad SMARTS) is 1. The van der Waals surface area contributed by atoms with E-state index < -0.39 is 18.0 Å². The Kier molecular flexibility index (Phi) is 5.16. The lowest BCUT2D eigenvalue weighted by Crippen LogP contribution is -2.48. The highest BCUT2D eigenvalue weighted by molar-refractivity contribution is 5.83. The van der Waals surface area contributed by atoms with Gasteiger partial charge in [0.2, 0.25) is 0 Å². The molecule has 1 fully saturated rings. The van der Waals surface area contributed by atoms with Crippen molar-refractivity contribution in [2.75, 3.05) is 7.11 Å². The third kappa shape index (κ3) is 3.95. The predicted molar refractivity (Wildman–Crippen MR) is 76.9 cm³/mol. The van der Waals surface area contributed by atoms with E-state index in [1.54, 1.807) is 37.4 Å². The monoisotopic (exact) mass is 292 g/mol. The van der Waals surface area contributed by atoms with Crippen LogP contribution in [0.15, 0.2) is 30.3 Å². The summed E-state index contributed by atoms with van der Waals surface area (Å²) >= 11 is 0. The van der Waals surface area contributed by atoms with Crippen LogP contribution in [-0.2, 0) is 9.53 Å². The number of amides is 2. The van der Waals surface area contributed by atoms with Crippen molar-refractivity contribution in [2.24, 2.45) is 0 Å². The molecule has 2 amide bonds. The minimum absolute atomic E-state index is 0.00393. The van der Waals surface area contributed by atoms with E-state index in [1.807, 2.05) is 0 Å². The van der Waals surface area contributed by atoms with Crippen molar-refractivity contribution in [1.82, 2.24) is 10.6 Å². The van der Waals surface area contributed by atoms with Crippen molar-refractivity contribution in [3.8, 4) is 0 Å². The standard InChI is InChI=1S/C15H20N2O4/c1-21-12-9-5-8-11(12)16-15(20)17-13(14(18)19)10-6-3-2-4-7-10/h2-4,6-7,11-13H,5,8-9H2,1H3,(H,18,19)(H2,16,17,20)/t11?,12?,13-/m0/s1. The fourth-order valence-electron chi connectivity index (χ4n) is 2.65. The van der Waals surface area contributed by atoms with Crippen molar-refractivity contribution in [3.63, 3.8) is 0 Å². The zero-order valence-corrected chi connectivity index (χ0v) is 11.9. The van der Waals surface area contributed by atoms with Gasteiger partial charge in [-0.1, -0.05) is 30.3 Å². The average molecular weight is 292 g/mol. The van der Waals surface area contributed by atoms with Crippen LogP contribution in [-0.4, -0.2) is 36.4 Å². The van der Waals surface area contributed by atoms with E-state index in [-0.39, 0.29) is 12.1 Å². The molecule has 2 rings (SSSR count). The summed E-state index contributed by atoms with van der Waals surface area (Å²) in [5.74, 6) is -1.09. The molecule has 6 heteroatoms. The molecule has 0 aromatic heterocycles. The van der Waals surface area contributed by atoms with Crippen LogP contribution in [0.1, 0.15) is 30.9 Å². The number of hydrogen-bond donors (Lipinski definition) is 3. The normalized spacial score (nSPS) is 22.5. The number of methoxy groups -OCH3 is 1. The maximum Gasteiger partial charge on any atom is 0.330 e. The summed E-state index contributed by atoms with van der Waals surface area (Å²) in [4.78, 5) is 23.3. The molecule has 3 atom stereocenters. The van der Waals surface area contributed by atoms with Crippen molar-refractivity contribution < 1.29 is 19.4 Å². The van der Waals surface area contributed by atoms with Gasteiger partial charge in [-0.3, -0.25) is 0 Å². The Hall–Kier alpha value is -2.08. The molecule has 0 radical (unpaired) electrons. The van der Waals surface area contributed by atoms with Gasteiger partial charge < -0.3 is 20.5 Å². The van der Waals surface area contributed by atoms with Gasteiger partial charge >= 0.3 is 12.0 Å². The lowest BCUT2D eigenvalue weighted by molar-refractivity contribution is -0.139. The molecule has 2 unspecified atom stereocenters. The minimum atomic E-state index is -1.09. The molecule has 1 aliphatic carbocycles. The average Bonchev–Trinajstić information content (AvgIpc) is 2.92. The Labute approximate surface area is 123 Å². The van der Waals surface area contributed by atoms with Crippen molar-refractivity contribution in [1.29, 1.82) is 0 Å². The number of carbonyl (C=O) groups is 2. The second-order valence-electron chi connectivity index (χ2n) is 5.11. The van der Waals surface area contributed by atoms with Crippen molar-refractivity contribution >= 4 is 12.0 Å². The zero-order chi connectivity index (χ0) is 15.2. The Balaban J connectivity index is 1.97. The summed E-state index contributed by atoms with van der Waals surface area (Å²) in [7, 11) is 1.62. The molecule has 0 saturated heterocycles. The van der Waals surface area contributed by atoms with Crippen LogP contribution >= 0.6 is 0 Å². The van der Waals surface area contributed by atoms with Gasteiger partial charge in [-0.15, -0.1) is 0 Å². The lowest BCUT2D eigenvalue weighted by Gasteiger charge is -2.22. The molecule has 114 valence electrons. The molecule has 0 heterocycles. The highest BCUT2D eigenvalue weighted by atomic mass is 16.5. The van der Waals surface area contributed by atoms with Crippen LogP contribution in [0.2, 0.25) is 0 Å². The summed E-state index contributed by atoms with van der Waals surface area (Å²) in [5, 5.41) is 14.6. The zero-order valence-electron chi connectivity index (χ0n) is 11.9. The van der Waals surface area contributed by atoms with Crippen molar-refractivity contribution in [2.45, 2.75) is 37.5 Å². The lowest BCUT2D eigenvalue weighted by atomic mass is 10.1.